The van der Waals surface area contributed by atoms with Gasteiger partial charge >= 0.3 is 0 Å². The summed E-state index contributed by atoms with van der Waals surface area (Å²) >= 11 is 0. The molecule has 20 heavy (non-hydrogen) atoms. The van der Waals surface area contributed by atoms with E-state index in [0.717, 1.165) is 11.3 Å². The van der Waals surface area contributed by atoms with Crippen molar-refractivity contribution in [3.05, 3.63) is 29.3 Å². The van der Waals surface area contributed by atoms with Crippen molar-refractivity contribution in [1.82, 2.24) is 4.90 Å². The highest BCUT2D eigenvalue weighted by molar-refractivity contribution is 5.99. The van der Waals surface area contributed by atoms with Crippen molar-refractivity contribution in [3.8, 4) is 0 Å². The van der Waals surface area contributed by atoms with Gasteiger partial charge in [-0.15, -0.1) is 0 Å². The van der Waals surface area contributed by atoms with E-state index in [0.29, 0.717) is 24.9 Å². The van der Waals surface area contributed by atoms with E-state index in [-0.39, 0.29) is 18.4 Å². The zero-order chi connectivity index (χ0) is 14.7. The molecule has 0 saturated heterocycles. The zero-order valence-electron chi connectivity index (χ0n) is 11.3. The lowest BCUT2D eigenvalue weighted by Crippen LogP contribution is -2.38. The average molecular weight is 275 g/mol. The van der Waals surface area contributed by atoms with Gasteiger partial charge in [-0.2, -0.15) is 0 Å². The summed E-state index contributed by atoms with van der Waals surface area (Å²) in [5, 5.41) is 2.76. The van der Waals surface area contributed by atoms with E-state index in [9.17, 15) is 14.4 Å². The monoisotopic (exact) mass is 275 g/mol. The van der Waals surface area contributed by atoms with E-state index >= 15 is 0 Å². The van der Waals surface area contributed by atoms with Crippen LogP contribution in [0.4, 0.5) is 5.69 Å². The van der Waals surface area contributed by atoms with Crippen molar-refractivity contribution >= 4 is 23.4 Å². The molecule has 1 aliphatic heterocycles. The number of anilines is 1. The number of nitrogens with two attached hydrogens (primary N) is 1. The van der Waals surface area contributed by atoms with E-state index in [1.165, 1.54) is 4.90 Å². The lowest BCUT2D eigenvalue weighted by Gasteiger charge is -2.21. The van der Waals surface area contributed by atoms with E-state index < -0.39 is 5.91 Å². The van der Waals surface area contributed by atoms with Gasteiger partial charge in [0, 0.05) is 24.2 Å². The highest BCUT2D eigenvalue weighted by Crippen LogP contribution is 2.24. The maximum atomic E-state index is 12.3. The fraction of sp³-hybridized carbons (Fsp3) is 0.357. The number of hydrogen-bond acceptors (Lipinski definition) is 3. The summed E-state index contributed by atoms with van der Waals surface area (Å²) in [6, 6.07) is 5.13. The fourth-order valence-electron chi connectivity index (χ4n) is 2.21. The maximum absolute atomic E-state index is 12.3. The lowest BCUT2D eigenvalue weighted by atomic mass is 10.00. The summed E-state index contributed by atoms with van der Waals surface area (Å²) in [6.07, 6.45) is 1.04. The number of amides is 3. The Morgan fingerprint density at radius 2 is 2.10 bits per heavy atom. The lowest BCUT2D eigenvalue weighted by molar-refractivity contribution is -0.118. The summed E-state index contributed by atoms with van der Waals surface area (Å²) < 4.78 is 0. The molecule has 1 heterocycles. The first kappa shape index (κ1) is 14.0. The molecule has 0 aromatic heterocycles. The predicted molar refractivity (Wildman–Crippen MR) is 74.2 cm³/mol. The Hall–Kier alpha value is -2.37. The second-order valence-corrected chi connectivity index (χ2v) is 4.71. The fourth-order valence-corrected chi connectivity index (χ4v) is 2.21. The third-order valence-corrected chi connectivity index (χ3v) is 3.26. The third kappa shape index (κ3) is 2.96. The van der Waals surface area contributed by atoms with E-state index in [1.54, 1.807) is 25.1 Å². The SMILES string of the molecule is CCN(CC(N)=O)C(=O)c1ccc2c(c1)CCC(=O)N2. The Kier molecular flexibility index (Phi) is 4.02. The summed E-state index contributed by atoms with van der Waals surface area (Å²) in [7, 11) is 0. The molecule has 2 rings (SSSR count). The van der Waals surface area contributed by atoms with Gasteiger partial charge in [0.05, 0.1) is 6.54 Å². The van der Waals surface area contributed by atoms with Gasteiger partial charge in [-0.1, -0.05) is 0 Å². The zero-order valence-corrected chi connectivity index (χ0v) is 11.3. The smallest absolute Gasteiger partial charge is 0.254 e. The molecule has 0 spiro atoms. The first-order valence-corrected chi connectivity index (χ1v) is 6.51. The van der Waals surface area contributed by atoms with Crippen LogP contribution in [0.25, 0.3) is 0 Å². The number of rotatable bonds is 4. The number of aryl methyl sites for hydroxylation is 1. The second kappa shape index (κ2) is 5.73. The molecule has 0 fully saturated rings. The Labute approximate surface area is 116 Å². The van der Waals surface area contributed by atoms with Crippen molar-refractivity contribution in [2.45, 2.75) is 19.8 Å². The van der Waals surface area contributed by atoms with Crippen LogP contribution in [0.1, 0.15) is 29.3 Å². The minimum atomic E-state index is -0.537. The quantitative estimate of drug-likeness (QED) is 0.839. The van der Waals surface area contributed by atoms with Crippen LogP contribution in [0.3, 0.4) is 0 Å². The molecule has 106 valence electrons. The number of likely N-dealkylation sites (N-methyl/N-ethyl adjacent to an activating group) is 1. The van der Waals surface area contributed by atoms with Crippen LogP contribution in [0.2, 0.25) is 0 Å². The molecule has 0 atom stereocenters. The Morgan fingerprint density at radius 3 is 2.75 bits per heavy atom. The standard InChI is InChI=1S/C14H17N3O3/c1-2-17(8-12(15)18)14(20)10-3-5-11-9(7-10)4-6-13(19)16-11/h3,5,7H,2,4,6,8H2,1H3,(H2,15,18)(H,16,19). The van der Waals surface area contributed by atoms with Gasteiger partial charge in [0.2, 0.25) is 11.8 Å². The molecule has 1 aliphatic rings. The van der Waals surface area contributed by atoms with Gasteiger partial charge in [-0.05, 0) is 37.1 Å². The molecule has 0 aliphatic carbocycles. The van der Waals surface area contributed by atoms with Crippen LogP contribution in [-0.4, -0.2) is 35.7 Å². The Morgan fingerprint density at radius 1 is 1.35 bits per heavy atom. The summed E-state index contributed by atoms with van der Waals surface area (Å²) in [4.78, 5) is 35.9. The second-order valence-electron chi connectivity index (χ2n) is 4.71. The molecular formula is C14H17N3O3. The van der Waals surface area contributed by atoms with Gasteiger partial charge in [-0.3, -0.25) is 14.4 Å². The first-order chi connectivity index (χ1) is 9.51. The van der Waals surface area contributed by atoms with Gasteiger partial charge in [0.15, 0.2) is 0 Å². The highest BCUT2D eigenvalue weighted by Gasteiger charge is 2.20. The molecule has 0 radical (unpaired) electrons. The average Bonchev–Trinajstić information content (AvgIpc) is 2.43. The topological polar surface area (TPSA) is 92.5 Å². The number of nitrogens with zero attached hydrogens (tertiary/aromatic N) is 1. The van der Waals surface area contributed by atoms with E-state index in [1.807, 2.05) is 0 Å². The molecule has 0 unspecified atom stereocenters. The third-order valence-electron chi connectivity index (χ3n) is 3.26. The van der Waals surface area contributed by atoms with Gasteiger partial charge in [0.1, 0.15) is 0 Å². The van der Waals surface area contributed by atoms with E-state index in [4.69, 9.17) is 5.73 Å². The van der Waals surface area contributed by atoms with Gasteiger partial charge in [0.25, 0.3) is 5.91 Å². The molecule has 0 saturated carbocycles. The van der Waals surface area contributed by atoms with Crippen LogP contribution in [-0.2, 0) is 16.0 Å². The molecule has 6 nitrogen and oxygen atoms in total. The summed E-state index contributed by atoms with van der Waals surface area (Å²) in [6.45, 7) is 2.11. The first-order valence-electron chi connectivity index (χ1n) is 6.51. The number of hydrogen-bond donors (Lipinski definition) is 2. The van der Waals surface area contributed by atoms with Crippen LogP contribution in [0.5, 0.6) is 0 Å². The predicted octanol–water partition coefficient (Wildman–Crippen LogP) is 0.519. The molecule has 6 heteroatoms. The van der Waals surface area contributed by atoms with Crippen LogP contribution in [0.15, 0.2) is 18.2 Å². The number of nitrogens with one attached hydrogen (secondary N) is 1. The molecular weight excluding hydrogens is 258 g/mol. The number of fused-ring (bicyclic) bond motifs is 1. The normalized spacial score (nSPS) is 13.3. The Balaban J connectivity index is 2.22. The molecule has 1 aromatic rings. The summed E-state index contributed by atoms with van der Waals surface area (Å²) in [5.74, 6) is -0.781. The minimum absolute atomic E-state index is 0.0134. The van der Waals surface area contributed by atoms with Crippen molar-refractivity contribution in [1.29, 1.82) is 0 Å². The Bertz CT molecular complexity index is 569. The number of carbonyl (C=O) groups excluding carboxylic acids is 3. The number of primary amides is 1. The molecule has 0 bridgehead atoms. The van der Waals surface area contributed by atoms with Crippen molar-refractivity contribution in [2.75, 3.05) is 18.4 Å². The van der Waals surface area contributed by atoms with Gasteiger partial charge in [-0.25, -0.2) is 0 Å². The van der Waals surface area contributed by atoms with Crippen LogP contribution < -0.4 is 11.1 Å². The van der Waals surface area contributed by atoms with Crippen molar-refractivity contribution < 1.29 is 14.4 Å². The molecule has 3 N–H and O–H groups in total. The largest absolute Gasteiger partial charge is 0.368 e. The van der Waals surface area contributed by atoms with Crippen LogP contribution in [0, 0.1) is 0 Å². The highest BCUT2D eigenvalue weighted by atomic mass is 16.2. The molecule has 3 amide bonds. The summed E-state index contributed by atoms with van der Waals surface area (Å²) in [5.41, 5.74) is 7.32. The minimum Gasteiger partial charge on any atom is -0.368 e. The number of benzene rings is 1. The van der Waals surface area contributed by atoms with Gasteiger partial charge < -0.3 is 16.0 Å². The number of carbonyl (C=O) groups is 3. The maximum Gasteiger partial charge on any atom is 0.254 e. The van der Waals surface area contributed by atoms with Crippen molar-refractivity contribution in [3.63, 3.8) is 0 Å². The van der Waals surface area contributed by atoms with E-state index in [2.05, 4.69) is 5.32 Å². The van der Waals surface area contributed by atoms with Crippen LogP contribution >= 0.6 is 0 Å². The van der Waals surface area contributed by atoms with Crippen molar-refractivity contribution in [2.24, 2.45) is 5.73 Å². The molecule has 1 aromatic carbocycles.